The molecule has 2 aliphatic rings. The minimum absolute atomic E-state index is 0.119. The van der Waals surface area contributed by atoms with E-state index in [1.54, 1.807) is 0 Å². The highest BCUT2D eigenvalue weighted by Gasteiger charge is 2.47. The fraction of sp³-hybridized carbons (Fsp3) is 0.857. The third-order valence-electron chi connectivity index (χ3n) is 5.84. The molecule has 5 heteroatoms. The summed E-state index contributed by atoms with van der Waals surface area (Å²) in [5.41, 5.74) is 0. The van der Waals surface area contributed by atoms with Crippen molar-refractivity contribution in [2.45, 2.75) is 93.8 Å². The van der Waals surface area contributed by atoms with Gasteiger partial charge in [0.05, 0.1) is 19.3 Å². The lowest BCUT2D eigenvalue weighted by atomic mass is 9.89. The number of methoxy groups -OCH3 is 1. The van der Waals surface area contributed by atoms with E-state index in [1.807, 2.05) is 17.8 Å². The fourth-order valence-electron chi connectivity index (χ4n) is 4.33. The van der Waals surface area contributed by atoms with E-state index < -0.39 is 0 Å². The SMILES string of the molecule is CCCCC[C@H](O)/C=C/[C@@H]1[C@H]2CC(CCCCC(=O)OC)S[C@H]2C[C@H]1O. The first-order valence-electron chi connectivity index (χ1n) is 10.3. The second-order valence-electron chi connectivity index (χ2n) is 7.85. The second kappa shape index (κ2) is 11.4. The highest BCUT2D eigenvalue weighted by molar-refractivity contribution is 8.00. The number of hydrogen-bond donors (Lipinski definition) is 2. The molecule has 1 aliphatic heterocycles. The Kier molecular flexibility index (Phi) is 9.51. The zero-order valence-corrected chi connectivity index (χ0v) is 17.1. The maximum absolute atomic E-state index is 11.2. The molecule has 0 radical (unpaired) electrons. The van der Waals surface area contributed by atoms with Crippen LogP contribution in [0, 0.1) is 11.8 Å². The molecule has 2 rings (SSSR count). The first kappa shape index (κ1) is 21.8. The largest absolute Gasteiger partial charge is 0.469 e. The maximum Gasteiger partial charge on any atom is 0.305 e. The van der Waals surface area contributed by atoms with Crippen molar-refractivity contribution < 1.29 is 19.7 Å². The number of fused-ring (bicyclic) bond motifs is 1. The van der Waals surface area contributed by atoms with Gasteiger partial charge in [0.2, 0.25) is 0 Å². The van der Waals surface area contributed by atoms with Gasteiger partial charge < -0.3 is 14.9 Å². The van der Waals surface area contributed by atoms with Crippen LogP contribution >= 0.6 is 11.8 Å². The van der Waals surface area contributed by atoms with Crippen LogP contribution < -0.4 is 0 Å². The number of carbonyl (C=O) groups is 1. The van der Waals surface area contributed by atoms with Gasteiger partial charge in [-0.15, -0.1) is 0 Å². The van der Waals surface area contributed by atoms with Crippen molar-refractivity contribution in [2.75, 3.05) is 7.11 Å². The van der Waals surface area contributed by atoms with Gasteiger partial charge in [0, 0.05) is 22.8 Å². The fourth-order valence-corrected chi connectivity index (χ4v) is 6.26. The van der Waals surface area contributed by atoms with Crippen LogP contribution in [0.4, 0.5) is 0 Å². The van der Waals surface area contributed by atoms with Crippen molar-refractivity contribution in [2.24, 2.45) is 11.8 Å². The molecule has 1 saturated heterocycles. The van der Waals surface area contributed by atoms with Crippen molar-refractivity contribution in [1.82, 2.24) is 0 Å². The molecule has 0 bridgehead atoms. The van der Waals surface area contributed by atoms with Crippen LogP contribution in [0.1, 0.15) is 71.1 Å². The van der Waals surface area contributed by atoms with Gasteiger partial charge in [0.1, 0.15) is 0 Å². The summed E-state index contributed by atoms with van der Waals surface area (Å²) in [6.07, 6.45) is 13.2. The van der Waals surface area contributed by atoms with Gasteiger partial charge in [0.25, 0.3) is 0 Å². The number of ether oxygens (including phenoxy) is 1. The minimum Gasteiger partial charge on any atom is -0.469 e. The van der Waals surface area contributed by atoms with E-state index in [1.165, 1.54) is 13.5 Å². The van der Waals surface area contributed by atoms with E-state index in [0.29, 0.717) is 22.8 Å². The summed E-state index contributed by atoms with van der Waals surface area (Å²) < 4.78 is 4.69. The van der Waals surface area contributed by atoms with Gasteiger partial charge >= 0.3 is 5.97 Å². The molecule has 0 aromatic heterocycles. The predicted octanol–water partition coefficient (Wildman–Crippen LogP) is 4.09. The number of unbranched alkanes of at least 4 members (excludes halogenated alkanes) is 3. The first-order valence-corrected chi connectivity index (χ1v) is 11.3. The van der Waals surface area contributed by atoms with Gasteiger partial charge in [-0.1, -0.05) is 44.8 Å². The molecular formula is C21H36O4S. The Morgan fingerprint density at radius 1 is 1.27 bits per heavy atom. The van der Waals surface area contributed by atoms with Crippen LogP contribution in [-0.2, 0) is 9.53 Å². The third-order valence-corrected chi connectivity index (χ3v) is 7.54. The average Bonchev–Trinajstić information content (AvgIpc) is 3.13. The number of hydrogen-bond acceptors (Lipinski definition) is 5. The van der Waals surface area contributed by atoms with Gasteiger partial charge in [0.15, 0.2) is 0 Å². The normalized spacial score (nSPS) is 32.1. The Labute approximate surface area is 162 Å². The maximum atomic E-state index is 11.2. The number of carbonyl (C=O) groups excluding carboxylic acids is 1. The van der Waals surface area contributed by atoms with Gasteiger partial charge in [-0.2, -0.15) is 11.8 Å². The molecule has 150 valence electrons. The molecule has 2 fully saturated rings. The lowest BCUT2D eigenvalue weighted by Crippen LogP contribution is -2.19. The van der Waals surface area contributed by atoms with Crippen LogP contribution in [0.2, 0.25) is 0 Å². The molecule has 0 aromatic rings. The minimum atomic E-state index is -0.379. The Morgan fingerprint density at radius 3 is 2.81 bits per heavy atom. The summed E-state index contributed by atoms with van der Waals surface area (Å²) in [5, 5.41) is 21.7. The van der Waals surface area contributed by atoms with Crippen molar-refractivity contribution in [3.05, 3.63) is 12.2 Å². The Hall–Kier alpha value is -0.520. The Balaban J connectivity index is 1.74. The van der Waals surface area contributed by atoms with E-state index in [4.69, 9.17) is 0 Å². The summed E-state index contributed by atoms with van der Waals surface area (Å²) in [4.78, 5) is 11.2. The van der Waals surface area contributed by atoms with Crippen molar-refractivity contribution in [3.63, 3.8) is 0 Å². The lowest BCUT2D eigenvalue weighted by molar-refractivity contribution is -0.140. The monoisotopic (exact) mass is 384 g/mol. The van der Waals surface area contributed by atoms with E-state index in [0.717, 1.165) is 51.4 Å². The van der Waals surface area contributed by atoms with E-state index >= 15 is 0 Å². The zero-order chi connectivity index (χ0) is 18.9. The van der Waals surface area contributed by atoms with Gasteiger partial charge in [-0.3, -0.25) is 4.79 Å². The Morgan fingerprint density at radius 2 is 2.08 bits per heavy atom. The smallest absolute Gasteiger partial charge is 0.305 e. The molecule has 1 unspecified atom stereocenters. The highest BCUT2D eigenvalue weighted by atomic mass is 32.2. The zero-order valence-electron chi connectivity index (χ0n) is 16.3. The average molecular weight is 385 g/mol. The quantitative estimate of drug-likeness (QED) is 0.319. The number of thioether (sulfide) groups is 1. The van der Waals surface area contributed by atoms with Gasteiger partial charge in [-0.05, 0) is 38.0 Å². The molecular weight excluding hydrogens is 348 g/mol. The summed E-state index contributed by atoms with van der Waals surface area (Å²) in [7, 11) is 1.44. The molecule has 1 heterocycles. The van der Waals surface area contributed by atoms with Crippen LogP contribution in [0.5, 0.6) is 0 Å². The highest BCUT2D eigenvalue weighted by Crippen LogP contribution is 2.52. The number of aliphatic hydroxyl groups is 2. The molecule has 6 atom stereocenters. The van der Waals surface area contributed by atoms with Gasteiger partial charge in [-0.25, -0.2) is 0 Å². The summed E-state index contributed by atoms with van der Waals surface area (Å²) >= 11 is 2.03. The van der Waals surface area contributed by atoms with Crippen molar-refractivity contribution >= 4 is 17.7 Å². The van der Waals surface area contributed by atoms with Crippen molar-refractivity contribution in [1.29, 1.82) is 0 Å². The summed E-state index contributed by atoms with van der Waals surface area (Å²) in [6, 6.07) is 0. The first-order chi connectivity index (χ1) is 12.5. The van der Waals surface area contributed by atoms with Crippen LogP contribution in [0.15, 0.2) is 12.2 Å². The van der Waals surface area contributed by atoms with E-state index in [2.05, 4.69) is 17.7 Å². The van der Waals surface area contributed by atoms with E-state index in [9.17, 15) is 15.0 Å². The number of rotatable bonds is 11. The van der Waals surface area contributed by atoms with E-state index in [-0.39, 0.29) is 24.1 Å². The van der Waals surface area contributed by atoms with Crippen LogP contribution in [-0.4, -0.2) is 46.0 Å². The summed E-state index contributed by atoms with van der Waals surface area (Å²) in [5.74, 6) is 0.597. The molecule has 1 saturated carbocycles. The third kappa shape index (κ3) is 6.58. The molecule has 1 aliphatic carbocycles. The predicted molar refractivity (Wildman–Crippen MR) is 107 cm³/mol. The number of aliphatic hydroxyl groups excluding tert-OH is 2. The molecule has 4 nitrogen and oxygen atoms in total. The molecule has 0 spiro atoms. The number of esters is 1. The Bertz CT molecular complexity index is 453. The molecule has 0 aromatic carbocycles. The molecule has 0 amide bonds. The topological polar surface area (TPSA) is 66.8 Å². The second-order valence-corrected chi connectivity index (χ2v) is 9.39. The summed E-state index contributed by atoms with van der Waals surface area (Å²) in [6.45, 7) is 2.17. The standard InChI is InChI=1S/C21H36O4S/c1-3-4-5-8-15(22)11-12-17-18-13-16(26-20(18)14-19(17)23)9-6-7-10-21(24)25-2/h11-12,15-20,22-23H,3-10,13-14H2,1-2H3/b12-11+/t15-,16?,17+,18+,19+,20-/m0/s1. The molecule has 2 N–H and O–H groups in total. The lowest BCUT2D eigenvalue weighted by Gasteiger charge is -2.18. The van der Waals surface area contributed by atoms with Crippen LogP contribution in [0.3, 0.4) is 0 Å². The van der Waals surface area contributed by atoms with Crippen LogP contribution in [0.25, 0.3) is 0 Å². The molecule has 26 heavy (non-hydrogen) atoms. The van der Waals surface area contributed by atoms with Crippen molar-refractivity contribution in [3.8, 4) is 0 Å².